The van der Waals surface area contributed by atoms with Crippen molar-refractivity contribution in [3.63, 3.8) is 0 Å². The fraction of sp³-hybridized carbons (Fsp3) is 0.467. The normalized spacial score (nSPS) is 18.2. The van der Waals surface area contributed by atoms with Gasteiger partial charge in [0.1, 0.15) is 6.04 Å². The fourth-order valence-electron chi connectivity index (χ4n) is 2.72. The molecule has 0 saturated carbocycles. The molecule has 2 rings (SSSR count). The third-order valence-electron chi connectivity index (χ3n) is 3.92. The number of amides is 1. The minimum atomic E-state index is -0.544. The number of nitrogens with zero attached hydrogens (tertiary/aromatic N) is 1. The van der Waals surface area contributed by atoms with Crippen molar-refractivity contribution in [1.82, 2.24) is 4.90 Å². The lowest BCUT2D eigenvalue weighted by Crippen LogP contribution is -2.43. The Morgan fingerprint density at radius 3 is 2.48 bits per heavy atom. The van der Waals surface area contributed by atoms with Gasteiger partial charge in [-0.15, -0.1) is 0 Å². The van der Waals surface area contributed by atoms with E-state index in [-0.39, 0.29) is 17.8 Å². The second-order valence-electron chi connectivity index (χ2n) is 5.16. The molecule has 1 fully saturated rings. The molecule has 1 aliphatic heterocycles. The Hall–Kier alpha value is -1.59. The van der Waals surface area contributed by atoms with Crippen LogP contribution in [0.15, 0.2) is 24.3 Å². The van der Waals surface area contributed by atoms with Crippen molar-refractivity contribution in [2.24, 2.45) is 11.7 Å². The SMILES string of the molecule is COC(=O)[C@H](c1ccccc1Cl)N1CCC(C(N)=O)CC1. The van der Waals surface area contributed by atoms with Crippen LogP contribution in [-0.4, -0.2) is 37.0 Å². The maximum atomic E-state index is 12.2. The summed E-state index contributed by atoms with van der Waals surface area (Å²) in [4.78, 5) is 25.4. The van der Waals surface area contributed by atoms with Gasteiger partial charge in [0.25, 0.3) is 0 Å². The summed E-state index contributed by atoms with van der Waals surface area (Å²) in [5.74, 6) is -0.742. The van der Waals surface area contributed by atoms with Crippen LogP contribution >= 0.6 is 11.6 Å². The van der Waals surface area contributed by atoms with Gasteiger partial charge in [0.05, 0.1) is 7.11 Å². The summed E-state index contributed by atoms with van der Waals surface area (Å²) < 4.78 is 4.92. The minimum Gasteiger partial charge on any atom is -0.468 e. The van der Waals surface area contributed by atoms with Gasteiger partial charge in [-0.25, -0.2) is 4.79 Å². The Bertz CT molecular complexity index is 527. The monoisotopic (exact) mass is 310 g/mol. The molecule has 1 aromatic rings. The highest BCUT2D eigenvalue weighted by atomic mass is 35.5. The third kappa shape index (κ3) is 3.54. The van der Waals surface area contributed by atoms with Crippen molar-refractivity contribution in [3.8, 4) is 0 Å². The molecule has 0 radical (unpaired) electrons. The lowest BCUT2D eigenvalue weighted by Gasteiger charge is -2.35. The molecule has 0 aliphatic carbocycles. The van der Waals surface area contributed by atoms with Gasteiger partial charge in [-0.2, -0.15) is 0 Å². The second kappa shape index (κ2) is 6.91. The number of benzene rings is 1. The Labute approximate surface area is 129 Å². The van der Waals surface area contributed by atoms with Crippen molar-refractivity contribution in [2.75, 3.05) is 20.2 Å². The van der Waals surface area contributed by atoms with E-state index in [0.717, 1.165) is 5.56 Å². The summed E-state index contributed by atoms with van der Waals surface area (Å²) >= 11 is 6.21. The van der Waals surface area contributed by atoms with Gasteiger partial charge in [-0.05, 0) is 24.5 Å². The molecule has 0 spiro atoms. The lowest BCUT2D eigenvalue weighted by atomic mass is 9.93. The largest absolute Gasteiger partial charge is 0.468 e. The maximum Gasteiger partial charge on any atom is 0.327 e. The molecule has 1 amide bonds. The number of rotatable bonds is 4. The summed E-state index contributed by atoms with van der Waals surface area (Å²) in [5, 5.41) is 0.532. The Kier molecular flexibility index (Phi) is 5.20. The highest BCUT2D eigenvalue weighted by molar-refractivity contribution is 6.31. The summed E-state index contributed by atoms with van der Waals surface area (Å²) in [6, 6.07) is 6.69. The number of hydrogen-bond donors (Lipinski definition) is 1. The number of primary amides is 1. The predicted molar refractivity (Wildman–Crippen MR) is 79.7 cm³/mol. The zero-order valence-corrected chi connectivity index (χ0v) is 12.7. The van der Waals surface area contributed by atoms with E-state index in [1.54, 1.807) is 6.07 Å². The van der Waals surface area contributed by atoms with Crippen molar-refractivity contribution in [1.29, 1.82) is 0 Å². The predicted octanol–water partition coefficient (Wildman–Crippen LogP) is 1.75. The van der Waals surface area contributed by atoms with Crippen LogP contribution in [0.5, 0.6) is 0 Å². The van der Waals surface area contributed by atoms with E-state index in [0.29, 0.717) is 31.0 Å². The quantitative estimate of drug-likeness (QED) is 0.860. The first-order valence-corrected chi connectivity index (χ1v) is 7.28. The van der Waals surface area contributed by atoms with Crippen LogP contribution in [-0.2, 0) is 14.3 Å². The Morgan fingerprint density at radius 1 is 1.33 bits per heavy atom. The smallest absolute Gasteiger partial charge is 0.327 e. The summed E-state index contributed by atoms with van der Waals surface area (Å²) in [7, 11) is 1.36. The van der Waals surface area contributed by atoms with E-state index >= 15 is 0 Å². The van der Waals surface area contributed by atoms with Crippen LogP contribution < -0.4 is 5.73 Å². The first kappa shape index (κ1) is 15.8. The molecule has 5 nitrogen and oxygen atoms in total. The van der Waals surface area contributed by atoms with E-state index in [9.17, 15) is 9.59 Å². The standard InChI is InChI=1S/C15H19ClN2O3/c1-21-15(20)13(11-4-2-3-5-12(11)16)18-8-6-10(7-9-18)14(17)19/h2-5,10,13H,6-9H2,1H3,(H2,17,19)/t13-/m0/s1. The van der Waals surface area contributed by atoms with Gasteiger partial charge in [0, 0.05) is 24.0 Å². The summed E-state index contributed by atoms with van der Waals surface area (Å²) in [6.45, 7) is 1.22. The van der Waals surface area contributed by atoms with Gasteiger partial charge in [-0.3, -0.25) is 9.69 Å². The number of halogens is 1. The Balaban J connectivity index is 2.21. The van der Waals surface area contributed by atoms with E-state index in [4.69, 9.17) is 22.1 Å². The molecule has 6 heteroatoms. The van der Waals surface area contributed by atoms with Crippen LogP contribution in [0.3, 0.4) is 0 Å². The zero-order chi connectivity index (χ0) is 15.4. The second-order valence-corrected chi connectivity index (χ2v) is 5.57. The topological polar surface area (TPSA) is 72.6 Å². The van der Waals surface area contributed by atoms with Crippen LogP contribution in [0.1, 0.15) is 24.4 Å². The average molecular weight is 311 g/mol. The molecule has 0 unspecified atom stereocenters. The number of esters is 1. The molecule has 0 aromatic heterocycles. The number of carbonyl (C=O) groups excluding carboxylic acids is 2. The van der Waals surface area contributed by atoms with Crippen molar-refractivity contribution < 1.29 is 14.3 Å². The van der Waals surface area contributed by atoms with Crippen molar-refractivity contribution >= 4 is 23.5 Å². The maximum absolute atomic E-state index is 12.2. The van der Waals surface area contributed by atoms with Crippen LogP contribution in [0, 0.1) is 5.92 Å². The van der Waals surface area contributed by atoms with Gasteiger partial charge in [0.2, 0.25) is 5.91 Å². The molecule has 1 heterocycles. The molecule has 1 aromatic carbocycles. The number of likely N-dealkylation sites (tertiary alicyclic amines) is 1. The highest BCUT2D eigenvalue weighted by Gasteiger charge is 2.34. The lowest BCUT2D eigenvalue weighted by molar-refractivity contribution is -0.148. The summed E-state index contributed by atoms with van der Waals surface area (Å²) in [5.41, 5.74) is 6.07. The summed E-state index contributed by atoms with van der Waals surface area (Å²) in [6.07, 6.45) is 1.29. The van der Waals surface area contributed by atoms with E-state index < -0.39 is 6.04 Å². The zero-order valence-electron chi connectivity index (χ0n) is 11.9. The van der Waals surface area contributed by atoms with Gasteiger partial charge in [-0.1, -0.05) is 29.8 Å². The molecule has 21 heavy (non-hydrogen) atoms. The molecular formula is C15H19ClN2O3. The number of ether oxygens (including phenoxy) is 1. The number of piperidine rings is 1. The minimum absolute atomic E-state index is 0.120. The fourth-order valence-corrected chi connectivity index (χ4v) is 2.96. The molecule has 1 atom stereocenters. The molecule has 0 bridgehead atoms. The highest BCUT2D eigenvalue weighted by Crippen LogP contribution is 2.31. The molecule has 1 aliphatic rings. The first-order valence-electron chi connectivity index (χ1n) is 6.90. The number of nitrogens with two attached hydrogens (primary N) is 1. The number of hydrogen-bond acceptors (Lipinski definition) is 4. The van der Waals surface area contributed by atoms with Gasteiger partial charge >= 0.3 is 5.97 Å². The third-order valence-corrected chi connectivity index (χ3v) is 4.27. The average Bonchev–Trinajstić information content (AvgIpc) is 2.49. The molecule has 114 valence electrons. The van der Waals surface area contributed by atoms with Crippen LogP contribution in [0.25, 0.3) is 0 Å². The van der Waals surface area contributed by atoms with Gasteiger partial charge in [0.15, 0.2) is 0 Å². The van der Waals surface area contributed by atoms with Crippen LogP contribution in [0.4, 0.5) is 0 Å². The van der Waals surface area contributed by atoms with E-state index in [1.807, 2.05) is 23.1 Å². The van der Waals surface area contributed by atoms with E-state index in [2.05, 4.69) is 0 Å². The number of methoxy groups -OCH3 is 1. The van der Waals surface area contributed by atoms with Crippen molar-refractivity contribution in [3.05, 3.63) is 34.9 Å². The molecular weight excluding hydrogens is 292 g/mol. The van der Waals surface area contributed by atoms with Gasteiger partial charge < -0.3 is 10.5 Å². The number of carbonyl (C=O) groups is 2. The molecule has 2 N–H and O–H groups in total. The first-order chi connectivity index (χ1) is 10.0. The molecule has 1 saturated heterocycles. The Morgan fingerprint density at radius 2 is 1.95 bits per heavy atom. The van der Waals surface area contributed by atoms with Crippen molar-refractivity contribution in [2.45, 2.75) is 18.9 Å². The van der Waals surface area contributed by atoms with Crippen LogP contribution in [0.2, 0.25) is 5.02 Å². The van der Waals surface area contributed by atoms with E-state index in [1.165, 1.54) is 7.11 Å².